The van der Waals surface area contributed by atoms with E-state index in [9.17, 15) is 0 Å². The number of nitrogens with two attached hydrogens (primary N) is 1. The van der Waals surface area contributed by atoms with Crippen LogP contribution in [0.15, 0.2) is 60.7 Å². The van der Waals surface area contributed by atoms with Crippen LogP contribution in [0.5, 0.6) is 0 Å². The van der Waals surface area contributed by atoms with Crippen molar-refractivity contribution in [2.75, 3.05) is 5.73 Å². The summed E-state index contributed by atoms with van der Waals surface area (Å²) in [5.41, 5.74) is 15.6. The van der Waals surface area contributed by atoms with Crippen molar-refractivity contribution in [3.63, 3.8) is 0 Å². The first-order valence-electron chi connectivity index (χ1n) is 7.59. The third-order valence-corrected chi connectivity index (χ3v) is 4.17. The van der Waals surface area contributed by atoms with Crippen molar-refractivity contribution in [1.82, 2.24) is 0 Å². The fourth-order valence-corrected chi connectivity index (χ4v) is 2.73. The molecule has 0 amide bonds. The summed E-state index contributed by atoms with van der Waals surface area (Å²) in [5, 5.41) is 0. The molecule has 0 aliphatic heterocycles. The second-order valence-corrected chi connectivity index (χ2v) is 5.95. The topological polar surface area (TPSA) is 26.0 Å². The van der Waals surface area contributed by atoms with E-state index in [2.05, 4.69) is 81.4 Å². The number of hydrogen-bond acceptors (Lipinski definition) is 1. The molecule has 0 fully saturated rings. The highest BCUT2D eigenvalue weighted by molar-refractivity contribution is 5.92. The van der Waals surface area contributed by atoms with Gasteiger partial charge in [-0.1, -0.05) is 71.8 Å². The summed E-state index contributed by atoms with van der Waals surface area (Å²) in [7, 11) is 0. The Morgan fingerprint density at radius 3 is 1.64 bits per heavy atom. The van der Waals surface area contributed by atoms with E-state index < -0.39 is 0 Å². The van der Waals surface area contributed by atoms with Crippen LogP contribution in [-0.2, 0) is 0 Å². The maximum Gasteiger partial charge on any atom is 0.0429 e. The van der Waals surface area contributed by atoms with Gasteiger partial charge < -0.3 is 5.73 Å². The van der Waals surface area contributed by atoms with Crippen LogP contribution in [0.4, 0.5) is 5.69 Å². The summed E-state index contributed by atoms with van der Waals surface area (Å²) in [6.45, 7) is 6.27. The van der Waals surface area contributed by atoms with Gasteiger partial charge in [-0.3, -0.25) is 0 Å². The monoisotopic (exact) mass is 287 g/mol. The quantitative estimate of drug-likeness (QED) is 0.616. The SMILES string of the molecule is Cc1ccc(-c2ccc(C)c(N)c2-c2ccc(C)cc2)cc1. The smallest absolute Gasteiger partial charge is 0.0429 e. The third kappa shape index (κ3) is 2.62. The van der Waals surface area contributed by atoms with Gasteiger partial charge in [0.2, 0.25) is 0 Å². The van der Waals surface area contributed by atoms with Crippen LogP contribution in [-0.4, -0.2) is 0 Å². The zero-order valence-electron chi connectivity index (χ0n) is 13.4. The van der Waals surface area contributed by atoms with Crippen LogP contribution < -0.4 is 5.73 Å². The number of benzene rings is 3. The molecule has 110 valence electrons. The first-order valence-corrected chi connectivity index (χ1v) is 7.59. The molecule has 1 heteroatoms. The minimum absolute atomic E-state index is 0.863. The number of aryl methyl sites for hydroxylation is 3. The van der Waals surface area contributed by atoms with Gasteiger partial charge >= 0.3 is 0 Å². The van der Waals surface area contributed by atoms with E-state index in [1.165, 1.54) is 27.8 Å². The standard InChI is InChI=1S/C21H21N/c1-14-4-9-17(10-5-14)19-13-8-16(3)21(22)20(19)18-11-6-15(2)7-12-18/h4-13H,22H2,1-3H3. The van der Waals surface area contributed by atoms with Crippen molar-refractivity contribution in [3.05, 3.63) is 77.4 Å². The van der Waals surface area contributed by atoms with Gasteiger partial charge in [0.25, 0.3) is 0 Å². The van der Waals surface area contributed by atoms with Crippen molar-refractivity contribution in [2.24, 2.45) is 0 Å². The van der Waals surface area contributed by atoms with Gasteiger partial charge in [0.1, 0.15) is 0 Å². The van der Waals surface area contributed by atoms with E-state index in [1.807, 2.05) is 0 Å². The Hall–Kier alpha value is -2.54. The van der Waals surface area contributed by atoms with Crippen LogP contribution in [0.3, 0.4) is 0 Å². The fraction of sp³-hybridized carbons (Fsp3) is 0.143. The van der Waals surface area contributed by atoms with Gasteiger partial charge in [-0.25, -0.2) is 0 Å². The summed E-state index contributed by atoms with van der Waals surface area (Å²) >= 11 is 0. The van der Waals surface area contributed by atoms with E-state index in [4.69, 9.17) is 5.73 Å². The lowest BCUT2D eigenvalue weighted by atomic mass is 9.90. The van der Waals surface area contributed by atoms with Gasteiger partial charge in [0.05, 0.1) is 0 Å². The molecule has 0 spiro atoms. The van der Waals surface area contributed by atoms with Gasteiger partial charge in [-0.05, 0) is 43.0 Å². The molecule has 0 unspecified atom stereocenters. The Morgan fingerprint density at radius 1 is 0.591 bits per heavy atom. The fourth-order valence-electron chi connectivity index (χ4n) is 2.73. The Bertz CT molecular complexity index is 797. The van der Waals surface area contributed by atoms with Crippen molar-refractivity contribution in [2.45, 2.75) is 20.8 Å². The van der Waals surface area contributed by atoms with E-state index >= 15 is 0 Å². The van der Waals surface area contributed by atoms with Crippen LogP contribution in [0, 0.1) is 20.8 Å². The predicted molar refractivity (Wildman–Crippen MR) is 95.9 cm³/mol. The zero-order chi connectivity index (χ0) is 15.7. The van der Waals surface area contributed by atoms with Crippen LogP contribution in [0.1, 0.15) is 16.7 Å². The van der Waals surface area contributed by atoms with Gasteiger partial charge in [-0.2, -0.15) is 0 Å². The molecule has 1 nitrogen and oxygen atoms in total. The maximum absolute atomic E-state index is 6.42. The Balaban J connectivity index is 2.25. The molecule has 0 aromatic heterocycles. The highest BCUT2D eigenvalue weighted by Crippen LogP contribution is 2.38. The molecule has 22 heavy (non-hydrogen) atoms. The summed E-state index contributed by atoms with van der Waals surface area (Å²) < 4.78 is 0. The van der Waals surface area contributed by atoms with Crippen LogP contribution in [0.2, 0.25) is 0 Å². The molecule has 0 radical (unpaired) electrons. The largest absolute Gasteiger partial charge is 0.398 e. The van der Waals surface area contributed by atoms with Gasteiger partial charge in [0, 0.05) is 11.3 Å². The summed E-state index contributed by atoms with van der Waals surface area (Å²) in [5.74, 6) is 0. The minimum atomic E-state index is 0.863. The minimum Gasteiger partial charge on any atom is -0.398 e. The lowest BCUT2D eigenvalue weighted by molar-refractivity contribution is 1.43. The second-order valence-electron chi connectivity index (χ2n) is 5.95. The first kappa shape index (κ1) is 14.4. The average molecular weight is 287 g/mol. The molecular formula is C21H21N. The molecular weight excluding hydrogens is 266 g/mol. The molecule has 0 aliphatic rings. The van der Waals surface area contributed by atoms with E-state index in [-0.39, 0.29) is 0 Å². The number of rotatable bonds is 2. The van der Waals surface area contributed by atoms with Crippen LogP contribution in [0.25, 0.3) is 22.3 Å². The molecule has 0 heterocycles. The highest BCUT2D eigenvalue weighted by atomic mass is 14.6. The molecule has 0 atom stereocenters. The first-order chi connectivity index (χ1) is 10.6. The van der Waals surface area contributed by atoms with Crippen molar-refractivity contribution >= 4 is 5.69 Å². The predicted octanol–water partition coefficient (Wildman–Crippen LogP) is 5.53. The molecule has 0 bridgehead atoms. The van der Waals surface area contributed by atoms with Gasteiger partial charge in [0.15, 0.2) is 0 Å². The second kappa shape index (κ2) is 5.69. The van der Waals surface area contributed by atoms with E-state index in [0.717, 1.165) is 16.8 Å². The van der Waals surface area contributed by atoms with Crippen LogP contribution >= 0.6 is 0 Å². The molecule has 3 aromatic rings. The Morgan fingerprint density at radius 2 is 1.09 bits per heavy atom. The lowest BCUT2D eigenvalue weighted by Crippen LogP contribution is -1.97. The Labute approximate surface area is 132 Å². The van der Waals surface area contributed by atoms with Crippen molar-refractivity contribution in [1.29, 1.82) is 0 Å². The number of nitrogen functional groups attached to an aromatic ring is 1. The van der Waals surface area contributed by atoms with Gasteiger partial charge in [-0.15, -0.1) is 0 Å². The number of anilines is 1. The summed E-state index contributed by atoms with van der Waals surface area (Å²) in [6, 6.07) is 21.5. The zero-order valence-corrected chi connectivity index (χ0v) is 13.4. The van der Waals surface area contributed by atoms with E-state index in [0.29, 0.717) is 0 Å². The van der Waals surface area contributed by atoms with Crippen molar-refractivity contribution < 1.29 is 0 Å². The number of hydrogen-bond donors (Lipinski definition) is 1. The van der Waals surface area contributed by atoms with Crippen molar-refractivity contribution in [3.8, 4) is 22.3 Å². The van der Waals surface area contributed by atoms with E-state index in [1.54, 1.807) is 0 Å². The third-order valence-electron chi connectivity index (χ3n) is 4.17. The summed E-state index contributed by atoms with van der Waals surface area (Å²) in [4.78, 5) is 0. The maximum atomic E-state index is 6.42. The Kier molecular flexibility index (Phi) is 3.72. The molecule has 3 aromatic carbocycles. The normalized spacial score (nSPS) is 10.7. The average Bonchev–Trinajstić information content (AvgIpc) is 2.52. The lowest BCUT2D eigenvalue weighted by Gasteiger charge is -2.16. The molecule has 0 saturated heterocycles. The molecule has 0 saturated carbocycles. The molecule has 2 N–H and O–H groups in total. The summed E-state index contributed by atoms with van der Waals surface area (Å²) in [6.07, 6.45) is 0. The highest BCUT2D eigenvalue weighted by Gasteiger charge is 2.12. The molecule has 3 rings (SSSR count). The molecule has 0 aliphatic carbocycles.